The van der Waals surface area contributed by atoms with Crippen molar-refractivity contribution < 1.29 is 18.0 Å². The maximum absolute atomic E-state index is 11.7. The SMILES string of the molecule is CC(=O)C(NC(=O)CN(C)CCS(C)(=O)=O)C(C)C. The third-order valence-electron chi connectivity index (χ3n) is 2.68. The third kappa shape index (κ3) is 8.72. The van der Waals surface area contributed by atoms with Gasteiger partial charge in [0.2, 0.25) is 5.91 Å². The van der Waals surface area contributed by atoms with Crippen molar-refractivity contribution in [2.24, 2.45) is 5.92 Å². The predicted molar refractivity (Wildman–Crippen MR) is 74.7 cm³/mol. The minimum atomic E-state index is -3.03. The summed E-state index contributed by atoms with van der Waals surface area (Å²) in [5.41, 5.74) is 0. The van der Waals surface area contributed by atoms with Crippen LogP contribution in [-0.4, -0.2) is 63.2 Å². The summed E-state index contributed by atoms with van der Waals surface area (Å²) in [6, 6.07) is -0.490. The summed E-state index contributed by atoms with van der Waals surface area (Å²) in [5.74, 6) is -0.313. The van der Waals surface area contributed by atoms with Crippen LogP contribution < -0.4 is 5.32 Å². The molecule has 1 atom stereocenters. The standard InChI is InChI=1S/C12H24N2O4S/c1-9(2)12(10(3)15)13-11(16)8-14(4)6-7-19(5,17)18/h9,12H,6-8H2,1-5H3,(H,13,16). The lowest BCUT2D eigenvalue weighted by atomic mass is 10.0. The van der Waals surface area contributed by atoms with Gasteiger partial charge in [0.1, 0.15) is 9.84 Å². The van der Waals surface area contributed by atoms with Crippen molar-refractivity contribution in [1.82, 2.24) is 10.2 Å². The van der Waals surface area contributed by atoms with Crippen LogP contribution in [0.2, 0.25) is 0 Å². The lowest BCUT2D eigenvalue weighted by Gasteiger charge is -2.22. The molecule has 7 heteroatoms. The number of hydrogen-bond acceptors (Lipinski definition) is 5. The molecule has 0 radical (unpaired) electrons. The summed E-state index contributed by atoms with van der Waals surface area (Å²) < 4.78 is 22.0. The third-order valence-corrected chi connectivity index (χ3v) is 3.60. The Morgan fingerprint density at radius 1 is 1.26 bits per heavy atom. The molecule has 0 fully saturated rings. The molecule has 6 nitrogen and oxygen atoms in total. The summed E-state index contributed by atoms with van der Waals surface area (Å²) in [5, 5.41) is 2.66. The summed E-state index contributed by atoms with van der Waals surface area (Å²) in [6.07, 6.45) is 1.16. The van der Waals surface area contributed by atoms with Crippen LogP contribution in [-0.2, 0) is 19.4 Å². The number of carbonyl (C=O) groups excluding carboxylic acids is 2. The molecule has 0 aliphatic rings. The number of carbonyl (C=O) groups is 2. The zero-order valence-corrected chi connectivity index (χ0v) is 13.1. The van der Waals surface area contributed by atoms with Crippen molar-refractivity contribution in [3.05, 3.63) is 0 Å². The Hall–Kier alpha value is -0.950. The van der Waals surface area contributed by atoms with Crippen molar-refractivity contribution in [3.8, 4) is 0 Å². The highest BCUT2D eigenvalue weighted by molar-refractivity contribution is 7.90. The summed E-state index contributed by atoms with van der Waals surface area (Å²) in [6.45, 7) is 5.53. The van der Waals surface area contributed by atoms with Crippen LogP contribution in [0.25, 0.3) is 0 Å². The van der Waals surface area contributed by atoms with Crippen LogP contribution in [0.3, 0.4) is 0 Å². The molecule has 0 aromatic rings. The lowest BCUT2D eigenvalue weighted by Crippen LogP contribution is -2.47. The van der Waals surface area contributed by atoms with E-state index in [1.54, 1.807) is 11.9 Å². The van der Waals surface area contributed by atoms with E-state index in [0.717, 1.165) is 6.26 Å². The van der Waals surface area contributed by atoms with Gasteiger partial charge in [0.25, 0.3) is 0 Å². The molecule has 0 saturated carbocycles. The van der Waals surface area contributed by atoms with E-state index < -0.39 is 15.9 Å². The molecule has 1 amide bonds. The first kappa shape index (κ1) is 18.0. The van der Waals surface area contributed by atoms with Gasteiger partial charge in [-0.2, -0.15) is 0 Å². The van der Waals surface area contributed by atoms with Gasteiger partial charge in [0, 0.05) is 12.8 Å². The van der Waals surface area contributed by atoms with Gasteiger partial charge < -0.3 is 5.32 Å². The van der Waals surface area contributed by atoms with Crippen molar-refractivity contribution in [2.75, 3.05) is 32.1 Å². The van der Waals surface area contributed by atoms with Crippen molar-refractivity contribution in [1.29, 1.82) is 0 Å². The van der Waals surface area contributed by atoms with Crippen LogP contribution in [0, 0.1) is 5.92 Å². The van der Waals surface area contributed by atoms with E-state index in [1.165, 1.54) is 6.92 Å². The van der Waals surface area contributed by atoms with Gasteiger partial charge in [0.05, 0.1) is 18.3 Å². The Morgan fingerprint density at radius 3 is 2.16 bits per heavy atom. The highest BCUT2D eigenvalue weighted by Crippen LogP contribution is 2.02. The lowest BCUT2D eigenvalue weighted by molar-refractivity contribution is -0.128. The van der Waals surface area contributed by atoms with Crippen LogP contribution in [0.15, 0.2) is 0 Å². The number of nitrogens with zero attached hydrogens (tertiary/aromatic N) is 1. The molecule has 0 aliphatic heterocycles. The summed E-state index contributed by atoms with van der Waals surface area (Å²) >= 11 is 0. The zero-order valence-electron chi connectivity index (χ0n) is 12.3. The van der Waals surface area contributed by atoms with Crippen LogP contribution in [0.1, 0.15) is 20.8 Å². The van der Waals surface area contributed by atoms with E-state index in [-0.39, 0.29) is 29.9 Å². The molecule has 19 heavy (non-hydrogen) atoms. The van der Waals surface area contributed by atoms with E-state index in [0.29, 0.717) is 6.54 Å². The fourth-order valence-corrected chi connectivity index (χ4v) is 2.25. The molecule has 0 saturated heterocycles. The summed E-state index contributed by atoms with van der Waals surface area (Å²) in [7, 11) is -1.36. The van der Waals surface area contributed by atoms with Crippen LogP contribution in [0.4, 0.5) is 0 Å². The van der Waals surface area contributed by atoms with Gasteiger partial charge in [-0.15, -0.1) is 0 Å². The van der Waals surface area contributed by atoms with Crippen molar-refractivity contribution in [2.45, 2.75) is 26.8 Å². The normalized spacial score (nSPS) is 13.6. The van der Waals surface area contributed by atoms with E-state index in [9.17, 15) is 18.0 Å². The number of likely N-dealkylation sites (N-methyl/N-ethyl adjacent to an activating group) is 1. The quantitative estimate of drug-likeness (QED) is 0.663. The average molecular weight is 292 g/mol. The monoisotopic (exact) mass is 292 g/mol. The number of nitrogens with one attached hydrogen (secondary N) is 1. The Kier molecular flexibility index (Phi) is 7.21. The second kappa shape index (κ2) is 7.59. The Balaban J connectivity index is 4.26. The van der Waals surface area contributed by atoms with Gasteiger partial charge in [-0.25, -0.2) is 8.42 Å². The Bertz CT molecular complexity index is 417. The Labute approximate surface area is 115 Å². The number of Topliss-reactive ketones (excluding diaryl/α,β-unsaturated/α-hetero) is 1. The minimum Gasteiger partial charge on any atom is -0.345 e. The molecule has 0 aliphatic carbocycles. The molecule has 0 heterocycles. The van der Waals surface area contributed by atoms with E-state index in [1.807, 2.05) is 13.8 Å². The number of sulfone groups is 1. The second-order valence-electron chi connectivity index (χ2n) is 5.27. The molecular formula is C12H24N2O4S. The molecule has 0 bridgehead atoms. The molecule has 0 spiro atoms. The first-order valence-electron chi connectivity index (χ1n) is 6.19. The topological polar surface area (TPSA) is 83.6 Å². The molecular weight excluding hydrogens is 268 g/mol. The Morgan fingerprint density at radius 2 is 1.79 bits per heavy atom. The maximum atomic E-state index is 11.7. The van der Waals surface area contributed by atoms with Gasteiger partial charge in [0.15, 0.2) is 5.78 Å². The zero-order chi connectivity index (χ0) is 15.2. The van der Waals surface area contributed by atoms with Gasteiger partial charge >= 0.3 is 0 Å². The molecule has 0 rings (SSSR count). The molecule has 1 N–H and O–H groups in total. The van der Waals surface area contributed by atoms with E-state index in [4.69, 9.17) is 0 Å². The largest absolute Gasteiger partial charge is 0.345 e. The molecule has 0 aromatic heterocycles. The van der Waals surface area contributed by atoms with Gasteiger partial charge in [-0.3, -0.25) is 14.5 Å². The fraction of sp³-hybridized carbons (Fsp3) is 0.833. The first-order chi connectivity index (χ1) is 8.53. The minimum absolute atomic E-state index is 0.0110. The highest BCUT2D eigenvalue weighted by Gasteiger charge is 2.21. The average Bonchev–Trinajstić information content (AvgIpc) is 2.21. The summed E-state index contributed by atoms with van der Waals surface area (Å²) in [4.78, 5) is 24.7. The predicted octanol–water partition coefficient (Wildman–Crippen LogP) is -0.307. The van der Waals surface area contributed by atoms with E-state index in [2.05, 4.69) is 5.32 Å². The second-order valence-corrected chi connectivity index (χ2v) is 7.53. The number of rotatable bonds is 8. The van der Waals surface area contributed by atoms with Crippen LogP contribution in [0.5, 0.6) is 0 Å². The van der Waals surface area contributed by atoms with E-state index >= 15 is 0 Å². The molecule has 1 unspecified atom stereocenters. The fourth-order valence-electron chi connectivity index (χ4n) is 1.60. The first-order valence-corrected chi connectivity index (χ1v) is 8.25. The number of amides is 1. The highest BCUT2D eigenvalue weighted by atomic mass is 32.2. The van der Waals surface area contributed by atoms with Gasteiger partial charge in [-0.05, 0) is 19.9 Å². The van der Waals surface area contributed by atoms with Crippen LogP contribution >= 0.6 is 0 Å². The number of ketones is 1. The van der Waals surface area contributed by atoms with Crippen molar-refractivity contribution >= 4 is 21.5 Å². The number of hydrogen-bond donors (Lipinski definition) is 1. The van der Waals surface area contributed by atoms with Crippen molar-refractivity contribution in [3.63, 3.8) is 0 Å². The smallest absolute Gasteiger partial charge is 0.234 e. The molecule has 0 aromatic carbocycles. The maximum Gasteiger partial charge on any atom is 0.234 e. The van der Waals surface area contributed by atoms with Gasteiger partial charge in [-0.1, -0.05) is 13.8 Å². The molecule has 112 valence electrons.